The van der Waals surface area contributed by atoms with E-state index in [1.807, 2.05) is 60.7 Å². The third-order valence-corrected chi connectivity index (χ3v) is 7.66. The molecule has 6 rings (SSSR count). The Bertz CT molecular complexity index is 1810. The Morgan fingerprint density at radius 1 is 0.881 bits per heavy atom. The number of hydrogen-bond acceptors (Lipinski definition) is 7. The quantitative estimate of drug-likeness (QED) is 0.155. The molecule has 11 heteroatoms. The second kappa shape index (κ2) is 10.4. The first kappa shape index (κ1) is 26.5. The van der Waals surface area contributed by atoms with E-state index in [-0.39, 0.29) is 24.4 Å². The van der Waals surface area contributed by atoms with Crippen LogP contribution in [-0.2, 0) is 20.7 Å². The van der Waals surface area contributed by atoms with Crippen LogP contribution in [0, 0.1) is 0 Å². The maximum atomic E-state index is 13.8. The summed E-state index contributed by atoms with van der Waals surface area (Å²) in [6.45, 7) is 0. The Morgan fingerprint density at radius 3 is 2.33 bits per heavy atom. The predicted octanol–water partition coefficient (Wildman–Crippen LogP) is 4.19. The highest BCUT2D eigenvalue weighted by atomic mass is 16.4. The van der Waals surface area contributed by atoms with Gasteiger partial charge in [0.2, 0.25) is 17.8 Å². The van der Waals surface area contributed by atoms with Crippen LogP contribution in [0.5, 0.6) is 0 Å². The summed E-state index contributed by atoms with van der Waals surface area (Å²) in [5.74, 6) is -1.91. The lowest BCUT2D eigenvalue weighted by Crippen LogP contribution is -2.60. The van der Waals surface area contributed by atoms with Crippen LogP contribution in [-0.4, -0.2) is 37.8 Å². The highest BCUT2D eigenvalue weighted by Gasteiger charge is 2.59. The van der Waals surface area contributed by atoms with Crippen molar-refractivity contribution in [2.75, 3.05) is 16.0 Å². The molecule has 7 N–H and O–H groups in total. The number of carbonyl (C=O) groups excluding carboxylic acids is 2. The van der Waals surface area contributed by atoms with E-state index in [9.17, 15) is 19.5 Å². The summed E-state index contributed by atoms with van der Waals surface area (Å²) in [5, 5.41) is 21.3. The van der Waals surface area contributed by atoms with E-state index in [1.54, 1.807) is 18.5 Å². The van der Waals surface area contributed by atoms with Crippen molar-refractivity contribution in [3.63, 3.8) is 0 Å². The Labute approximate surface area is 240 Å². The van der Waals surface area contributed by atoms with Gasteiger partial charge in [0.15, 0.2) is 5.66 Å². The van der Waals surface area contributed by atoms with Gasteiger partial charge in [-0.25, -0.2) is 9.78 Å². The van der Waals surface area contributed by atoms with Crippen LogP contribution in [0.2, 0.25) is 0 Å². The van der Waals surface area contributed by atoms with Crippen molar-refractivity contribution >= 4 is 45.9 Å². The number of nitrogens with one attached hydrogen (secondary N) is 4. The first-order valence-corrected chi connectivity index (χ1v) is 13.2. The molecule has 3 heterocycles. The number of carboxylic acids is 1. The number of aromatic carboxylic acids is 1. The van der Waals surface area contributed by atoms with Gasteiger partial charge in [-0.15, -0.1) is 0 Å². The summed E-state index contributed by atoms with van der Waals surface area (Å²) in [5.41, 5.74) is 5.37. The zero-order chi connectivity index (χ0) is 29.3. The van der Waals surface area contributed by atoms with E-state index < -0.39 is 28.9 Å². The highest BCUT2D eigenvalue weighted by molar-refractivity contribution is 5.94. The van der Waals surface area contributed by atoms with Gasteiger partial charge in [0, 0.05) is 36.8 Å². The molecule has 0 bridgehead atoms. The van der Waals surface area contributed by atoms with E-state index >= 15 is 0 Å². The van der Waals surface area contributed by atoms with Crippen LogP contribution in [0.4, 0.5) is 17.3 Å². The molecule has 0 fully saturated rings. The van der Waals surface area contributed by atoms with Crippen molar-refractivity contribution in [2.45, 2.75) is 23.9 Å². The molecule has 11 nitrogen and oxygen atoms in total. The molecule has 2 atom stereocenters. The number of aromatic nitrogens is 3. The fourth-order valence-corrected chi connectivity index (χ4v) is 5.81. The van der Waals surface area contributed by atoms with Crippen molar-refractivity contribution in [3.05, 3.63) is 114 Å². The average molecular weight is 562 g/mol. The van der Waals surface area contributed by atoms with E-state index in [2.05, 4.69) is 25.9 Å². The van der Waals surface area contributed by atoms with E-state index in [4.69, 9.17) is 10.7 Å². The third kappa shape index (κ3) is 4.56. The number of aromatic amines is 1. The lowest BCUT2D eigenvalue weighted by molar-refractivity contribution is -0.121. The fourth-order valence-electron chi connectivity index (χ4n) is 5.81. The van der Waals surface area contributed by atoms with Crippen LogP contribution in [0.3, 0.4) is 0 Å². The molecule has 0 aliphatic carbocycles. The standard InChI is InChI=1S/C31H27N7O4/c32-26(39)16-30(22-8-2-1-3-9-22,17-27(40)36-29-33-12-13-34-29)31(25-15-19-6-4-5-7-21(19)18-35-25)37-23-11-10-20(28(41)42)14-24(23)38-31/h1-15,18,37-38H,16-17H2,(H2,32,39)(H,41,42)(H2,33,34,36,40). The van der Waals surface area contributed by atoms with Crippen molar-refractivity contribution in [2.24, 2.45) is 5.73 Å². The van der Waals surface area contributed by atoms with E-state index in [1.165, 1.54) is 18.3 Å². The number of nitrogens with two attached hydrogens (primary N) is 1. The number of carboxylic acid groups (broad SMARTS) is 1. The number of H-pyrrole nitrogens is 1. The number of anilines is 3. The van der Waals surface area contributed by atoms with E-state index in [0.717, 1.165) is 10.8 Å². The third-order valence-electron chi connectivity index (χ3n) is 7.66. The molecule has 0 saturated heterocycles. The normalized spacial score (nSPS) is 17.0. The summed E-state index contributed by atoms with van der Waals surface area (Å²) < 4.78 is 0. The number of rotatable bonds is 9. The molecular formula is C31H27N7O4. The van der Waals surface area contributed by atoms with Gasteiger partial charge in [0.05, 0.1) is 28.0 Å². The van der Waals surface area contributed by atoms with Gasteiger partial charge in [-0.3, -0.25) is 19.9 Å². The van der Waals surface area contributed by atoms with Gasteiger partial charge in [0.1, 0.15) is 0 Å². The Hall–Kier alpha value is -5.71. The number of hydrogen-bond donors (Lipinski definition) is 6. The predicted molar refractivity (Wildman–Crippen MR) is 158 cm³/mol. The minimum absolute atomic E-state index is 0.0705. The number of imidazole rings is 1. The minimum Gasteiger partial charge on any atom is -0.478 e. The summed E-state index contributed by atoms with van der Waals surface area (Å²) in [4.78, 5) is 50.4. The fraction of sp³-hybridized carbons (Fsp3) is 0.129. The Kier molecular flexibility index (Phi) is 6.54. The van der Waals surface area contributed by atoms with E-state index in [0.29, 0.717) is 22.6 Å². The Morgan fingerprint density at radius 2 is 1.62 bits per heavy atom. The van der Waals surface area contributed by atoms with Gasteiger partial charge >= 0.3 is 5.97 Å². The second-order valence-corrected chi connectivity index (χ2v) is 10.2. The molecule has 210 valence electrons. The van der Waals surface area contributed by atoms with Crippen molar-refractivity contribution in [3.8, 4) is 0 Å². The molecule has 2 unspecified atom stereocenters. The first-order chi connectivity index (χ1) is 20.3. The summed E-state index contributed by atoms with van der Waals surface area (Å²) in [6.07, 6.45) is 4.33. The smallest absolute Gasteiger partial charge is 0.335 e. The molecule has 0 spiro atoms. The molecule has 5 aromatic rings. The van der Waals surface area contributed by atoms with Crippen LogP contribution in [0.15, 0.2) is 97.5 Å². The average Bonchev–Trinajstić information content (AvgIpc) is 3.64. The molecule has 1 aliphatic heterocycles. The van der Waals surface area contributed by atoms with Crippen molar-refractivity contribution in [1.82, 2.24) is 15.0 Å². The van der Waals surface area contributed by atoms with Crippen LogP contribution < -0.4 is 21.7 Å². The minimum atomic E-state index is -1.44. The summed E-state index contributed by atoms with van der Waals surface area (Å²) >= 11 is 0. The summed E-state index contributed by atoms with van der Waals surface area (Å²) in [6, 6.07) is 23.4. The van der Waals surface area contributed by atoms with Gasteiger partial charge in [-0.2, -0.15) is 0 Å². The molecule has 2 aromatic heterocycles. The van der Waals surface area contributed by atoms with Crippen LogP contribution in [0.25, 0.3) is 10.8 Å². The molecule has 0 saturated carbocycles. The second-order valence-electron chi connectivity index (χ2n) is 10.2. The first-order valence-electron chi connectivity index (χ1n) is 13.2. The van der Waals surface area contributed by atoms with Gasteiger partial charge < -0.3 is 26.5 Å². The van der Waals surface area contributed by atoms with Gasteiger partial charge in [-0.05, 0) is 35.2 Å². The molecule has 1 aliphatic rings. The van der Waals surface area contributed by atoms with Crippen molar-refractivity contribution < 1.29 is 19.5 Å². The topological polar surface area (TPSA) is 175 Å². The number of benzene rings is 3. The number of pyridine rings is 1. The van der Waals surface area contributed by atoms with Crippen LogP contribution >= 0.6 is 0 Å². The molecule has 3 aromatic carbocycles. The lowest BCUT2D eigenvalue weighted by atomic mass is 9.63. The van der Waals surface area contributed by atoms with Crippen molar-refractivity contribution in [1.29, 1.82) is 0 Å². The zero-order valence-electron chi connectivity index (χ0n) is 22.3. The SMILES string of the molecule is NC(=O)CC(CC(=O)Nc1ncc[nH]1)(c1ccccc1)C1(c2cc3ccccc3cn2)Nc2ccc(C(=O)O)cc2N1. The number of carbonyl (C=O) groups is 3. The number of primary amides is 1. The Balaban J connectivity index is 1.62. The lowest BCUT2D eigenvalue weighted by Gasteiger charge is -2.48. The van der Waals surface area contributed by atoms with Gasteiger partial charge in [0.25, 0.3) is 0 Å². The number of nitrogens with zero attached hydrogens (tertiary/aromatic N) is 2. The highest BCUT2D eigenvalue weighted by Crippen LogP contribution is 2.54. The van der Waals surface area contributed by atoms with Gasteiger partial charge in [-0.1, -0.05) is 54.6 Å². The zero-order valence-corrected chi connectivity index (χ0v) is 22.3. The van der Waals surface area contributed by atoms with Crippen LogP contribution in [0.1, 0.15) is 34.5 Å². The maximum absolute atomic E-state index is 13.8. The number of amides is 2. The monoisotopic (exact) mass is 561 g/mol. The summed E-state index contributed by atoms with van der Waals surface area (Å²) in [7, 11) is 0. The number of fused-ring (bicyclic) bond motifs is 2. The molecule has 2 amide bonds. The largest absolute Gasteiger partial charge is 0.478 e. The molecular weight excluding hydrogens is 534 g/mol. The maximum Gasteiger partial charge on any atom is 0.335 e. The molecule has 42 heavy (non-hydrogen) atoms. The molecule has 0 radical (unpaired) electrons.